The summed E-state index contributed by atoms with van der Waals surface area (Å²) in [5.41, 5.74) is 0.915. The number of carbonyl (C=O) groups is 3. The molecule has 0 spiro atoms. The van der Waals surface area contributed by atoms with Gasteiger partial charge >= 0.3 is 6.09 Å². The van der Waals surface area contributed by atoms with Crippen LogP contribution in [0.2, 0.25) is 0 Å². The van der Waals surface area contributed by atoms with Crippen molar-refractivity contribution in [3.63, 3.8) is 0 Å². The van der Waals surface area contributed by atoms with Crippen molar-refractivity contribution in [2.45, 2.75) is 58.5 Å². The molecule has 1 aromatic carbocycles. The van der Waals surface area contributed by atoms with Crippen LogP contribution in [0.3, 0.4) is 0 Å². The molecule has 0 unspecified atom stereocenters. The first-order valence-electron chi connectivity index (χ1n) is 11.7. The lowest BCUT2D eigenvalue weighted by Crippen LogP contribution is -2.45. The molecule has 35 heavy (non-hydrogen) atoms. The molecule has 0 saturated heterocycles. The monoisotopic (exact) mass is 486 g/mol. The number of aromatic nitrogens is 2. The second-order valence-electron chi connectivity index (χ2n) is 9.47. The highest BCUT2D eigenvalue weighted by molar-refractivity contribution is 6.12. The SMILES string of the molecule is COc1ccc(C(=O)N2CCC(=O)c3c2cnn3CCCCCN(C(=O)O)C(C)(C)C)cc1OC. The Morgan fingerprint density at radius 3 is 2.46 bits per heavy atom. The highest BCUT2D eigenvalue weighted by Gasteiger charge is 2.32. The number of rotatable bonds is 9. The highest BCUT2D eigenvalue weighted by Crippen LogP contribution is 2.32. The number of Topliss-reactive ketones (excluding diaryl/α,β-unsaturated/α-hetero) is 1. The van der Waals surface area contributed by atoms with E-state index in [1.54, 1.807) is 34.0 Å². The summed E-state index contributed by atoms with van der Waals surface area (Å²) >= 11 is 0. The maximum Gasteiger partial charge on any atom is 0.407 e. The van der Waals surface area contributed by atoms with E-state index >= 15 is 0 Å². The topological polar surface area (TPSA) is 114 Å². The molecule has 3 rings (SSSR count). The smallest absolute Gasteiger partial charge is 0.407 e. The van der Waals surface area contributed by atoms with Gasteiger partial charge in [0.05, 0.1) is 26.1 Å². The van der Waals surface area contributed by atoms with Gasteiger partial charge in [0.15, 0.2) is 17.3 Å². The molecule has 1 aliphatic heterocycles. The van der Waals surface area contributed by atoms with E-state index in [0.29, 0.717) is 48.0 Å². The van der Waals surface area contributed by atoms with Crippen molar-refractivity contribution in [3.05, 3.63) is 35.7 Å². The molecule has 0 bridgehead atoms. The van der Waals surface area contributed by atoms with E-state index in [2.05, 4.69) is 5.10 Å². The highest BCUT2D eigenvalue weighted by atomic mass is 16.5. The summed E-state index contributed by atoms with van der Waals surface area (Å²) in [4.78, 5) is 40.5. The zero-order valence-corrected chi connectivity index (χ0v) is 21.0. The van der Waals surface area contributed by atoms with Crippen molar-refractivity contribution < 1.29 is 29.0 Å². The van der Waals surface area contributed by atoms with Crippen LogP contribution in [-0.4, -0.2) is 70.4 Å². The first kappa shape index (κ1) is 26.1. The number of nitrogens with zero attached hydrogens (tertiary/aromatic N) is 4. The molecular formula is C25H34N4O6. The average molecular weight is 487 g/mol. The molecule has 1 aliphatic rings. The number of carboxylic acid groups (broad SMARTS) is 1. The van der Waals surface area contributed by atoms with Crippen LogP contribution in [0.5, 0.6) is 11.5 Å². The lowest BCUT2D eigenvalue weighted by atomic mass is 10.1. The number of ether oxygens (including phenoxy) is 2. The second kappa shape index (κ2) is 10.8. The van der Waals surface area contributed by atoms with Crippen molar-refractivity contribution in [2.24, 2.45) is 0 Å². The molecule has 2 heterocycles. The first-order valence-corrected chi connectivity index (χ1v) is 11.7. The second-order valence-corrected chi connectivity index (χ2v) is 9.47. The standard InChI is InChI=1S/C25H34N4O6/c1-25(2,3)28(24(32)33)12-7-6-8-13-29-22-18(16-26-29)27(14-11-19(22)30)23(31)17-9-10-20(34-4)21(15-17)35-5/h9-10,15-16H,6-8,11-14H2,1-5H3,(H,32,33). The fourth-order valence-corrected chi connectivity index (χ4v) is 4.24. The maximum atomic E-state index is 13.3. The minimum absolute atomic E-state index is 0.0429. The number of fused-ring (bicyclic) bond motifs is 1. The number of unbranched alkanes of at least 4 members (excludes halogenated alkanes) is 2. The lowest BCUT2D eigenvalue weighted by molar-refractivity contribution is 0.0941. The molecule has 1 aromatic heterocycles. The number of benzene rings is 1. The van der Waals surface area contributed by atoms with Gasteiger partial charge in [-0.1, -0.05) is 0 Å². The molecule has 0 fully saturated rings. The normalized spacial score (nSPS) is 13.4. The largest absolute Gasteiger partial charge is 0.493 e. The van der Waals surface area contributed by atoms with E-state index in [1.807, 2.05) is 20.8 Å². The van der Waals surface area contributed by atoms with Crippen LogP contribution in [0.1, 0.15) is 67.3 Å². The summed E-state index contributed by atoms with van der Waals surface area (Å²) < 4.78 is 12.2. The molecule has 2 amide bonds. The van der Waals surface area contributed by atoms with Crippen molar-refractivity contribution in [2.75, 3.05) is 32.2 Å². The Balaban J connectivity index is 1.68. The molecule has 1 N–H and O–H groups in total. The first-order chi connectivity index (χ1) is 16.6. The van der Waals surface area contributed by atoms with Gasteiger partial charge in [0.25, 0.3) is 5.91 Å². The molecule has 0 radical (unpaired) electrons. The third-order valence-corrected chi connectivity index (χ3v) is 6.11. The van der Waals surface area contributed by atoms with Gasteiger partial charge in [-0.3, -0.25) is 14.3 Å². The van der Waals surface area contributed by atoms with E-state index in [9.17, 15) is 19.5 Å². The van der Waals surface area contributed by atoms with Gasteiger partial charge in [-0.05, 0) is 58.2 Å². The quantitative estimate of drug-likeness (QED) is 0.531. The average Bonchev–Trinajstić information content (AvgIpc) is 3.24. The van der Waals surface area contributed by atoms with Crippen molar-refractivity contribution in [1.82, 2.24) is 14.7 Å². The number of aryl methyl sites for hydroxylation is 1. The fourth-order valence-electron chi connectivity index (χ4n) is 4.24. The zero-order chi connectivity index (χ0) is 25.8. The van der Waals surface area contributed by atoms with E-state index in [1.165, 1.54) is 19.1 Å². The Kier molecular flexibility index (Phi) is 8.03. The Morgan fingerprint density at radius 2 is 1.83 bits per heavy atom. The van der Waals surface area contributed by atoms with Gasteiger partial charge < -0.3 is 24.4 Å². The maximum absolute atomic E-state index is 13.3. The number of hydrogen-bond acceptors (Lipinski definition) is 6. The van der Waals surface area contributed by atoms with Crippen molar-refractivity contribution in [3.8, 4) is 11.5 Å². The van der Waals surface area contributed by atoms with Gasteiger partial charge in [0.2, 0.25) is 0 Å². The summed E-state index contributed by atoms with van der Waals surface area (Å²) in [7, 11) is 3.04. The molecule has 2 aromatic rings. The summed E-state index contributed by atoms with van der Waals surface area (Å²) in [5, 5.41) is 13.8. The summed E-state index contributed by atoms with van der Waals surface area (Å²) in [6.45, 7) is 6.86. The number of ketones is 1. The number of hydrogen-bond donors (Lipinski definition) is 1. The van der Waals surface area contributed by atoms with Gasteiger partial charge in [-0.15, -0.1) is 0 Å². The van der Waals surface area contributed by atoms with Crippen LogP contribution in [0.4, 0.5) is 10.5 Å². The Morgan fingerprint density at radius 1 is 1.11 bits per heavy atom. The summed E-state index contributed by atoms with van der Waals surface area (Å²) in [6, 6.07) is 4.97. The lowest BCUT2D eigenvalue weighted by Gasteiger charge is -2.33. The van der Waals surface area contributed by atoms with E-state index in [0.717, 1.165) is 12.8 Å². The van der Waals surface area contributed by atoms with Crippen LogP contribution in [0.15, 0.2) is 24.4 Å². The van der Waals surface area contributed by atoms with E-state index in [-0.39, 0.29) is 24.7 Å². The molecular weight excluding hydrogens is 452 g/mol. The van der Waals surface area contributed by atoms with E-state index in [4.69, 9.17) is 9.47 Å². The van der Waals surface area contributed by atoms with Gasteiger partial charge in [0, 0.05) is 37.2 Å². The molecule has 0 atom stereocenters. The summed E-state index contributed by atoms with van der Waals surface area (Å²) in [6.07, 6.45) is 3.10. The van der Waals surface area contributed by atoms with Gasteiger partial charge in [-0.2, -0.15) is 5.10 Å². The minimum atomic E-state index is -0.927. The van der Waals surface area contributed by atoms with Crippen LogP contribution in [0, 0.1) is 0 Å². The zero-order valence-electron chi connectivity index (χ0n) is 21.0. The van der Waals surface area contributed by atoms with E-state index < -0.39 is 11.6 Å². The van der Waals surface area contributed by atoms with Crippen LogP contribution in [-0.2, 0) is 6.54 Å². The third kappa shape index (κ3) is 5.75. The summed E-state index contributed by atoms with van der Waals surface area (Å²) in [5.74, 6) is 0.699. The predicted octanol–water partition coefficient (Wildman–Crippen LogP) is 4.08. The Hall–Kier alpha value is -3.56. The fraction of sp³-hybridized carbons (Fsp3) is 0.520. The van der Waals surface area contributed by atoms with Crippen LogP contribution < -0.4 is 14.4 Å². The van der Waals surface area contributed by atoms with Gasteiger partial charge in [0.1, 0.15) is 5.69 Å². The minimum Gasteiger partial charge on any atom is -0.493 e. The molecule has 0 saturated carbocycles. The Bertz CT molecular complexity index is 1090. The van der Waals surface area contributed by atoms with Crippen molar-refractivity contribution >= 4 is 23.5 Å². The van der Waals surface area contributed by atoms with Crippen molar-refractivity contribution in [1.29, 1.82) is 0 Å². The van der Waals surface area contributed by atoms with Crippen LogP contribution in [0.25, 0.3) is 0 Å². The molecule has 0 aliphatic carbocycles. The molecule has 10 heteroatoms. The predicted molar refractivity (Wildman–Crippen MR) is 131 cm³/mol. The third-order valence-electron chi connectivity index (χ3n) is 6.11. The Labute approximate surface area is 205 Å². The number of anilines is 1. The number of amides is 2. The number of methoxy groups -OCH3 is 2. The molecule has 190 valence electrons. The number of carbonyl (C=O) groups excluding carboxylic acids is 2. The van der Waals surface area contributed by atoms with Gasteiger partial charge in [-0.25, -0.2) is 4.79 Å². The molecule has 10 nitrogen and oxygen atoms in total. The van der Waals surface area contributed by atoms with Crippen LogP contribution >= 0.6 is 0 Å².